The first-order valence-corrected chi connectivity index (χ1v) is 10.2. The molecule has 0 bridgehead atoms. The van der Waals surface area contributed by atoms with Crippen LogP contribution in [0.1, 0.15) is 52.4 Å². The summed E-state index contributed by atoms with van der Waals surface area (Å²) in [5, 5.41) is 6.47. The number of sulfone groups is 1. The van der Waals surface area contributed by atoms with Crippen LogP contribution in [0, 0.1) is 5.41 Å². The third-order valence-electron chi connectivity index (χ3n) is 4.32. The molecular weight excluding hydrogens is 286 g/mol. The van der Waals surface area contributed by atoms with E-state index in [9.17, 15) is 8.42 Å². The molecule has 6 heteroatoms. The molecule has 1 aliphatic rings. The van der Waals surface area contributed by atoms with E-state index in [1.54, 1.807) is 0 Å². The Labute approximate surface area is 129 Å². The van der Waals surface area contributed by atoms with Gasteiger partial charge in [-0.25, -0.2) is 8.42 Å². The maximum Gasteiger partial charge on any atom is 0.191 e. The molecule has 0 aliphatic heterocycles. The van der Waals surface area contributed by atoms with Gasteiger partial charge < -0.3 is 10.6 Å². The summed E-state index contributed by atoms with van der Waals surface area (Å²) in [7, 11) is -2.87. The van der Waals surface area contributed by atoms with Crippen LogP contribution < -0.4 is 10.6 Å². The van der Waals surface area contributed by atoms with Gasteiger partial charge in [-0.2, -0.15) is 0 Å². The van der Waals surface area contributed by atoms with Gasteiger partial charge in [-0.15, -0.1) is 0 Å². The van der Waals surface area contributed by atoms with E-state index in [2.05, 4.69) is 17.6 Å². The second-order valence-corrected chi connectivity index (χ2v) is 8.43. The van der Waals surface area contributed by atoms with Crippen LogP contribution in [0.2, 0.25) is 0 Å². The zero-order valence-corrected chi connectivity index (χ0v) is 14.6. The van der Waals surface area contributed by atoms with Crippen molar-refractivity contribution in [1.82, 2.24) is 10.6 Å². The summed E-state index contributed by atoms with van der Waals surface area (Å²) in [6, 6.07) is 0. The van der Waals surface area contributed by atoms with Gasteiger partial charge in [-0.1, -0.05) is 19.8 Å². The third-order valence-corrected chi connectivity index (χ3v) is 5.35. The number of hydrogen-bond donors (Lipinski definition) is 2. The summed E-state index contributed by atoms with van der Waals surface area (Å²) in [6.45, 7) is 6.62. The van der Waals surface area contributed by atoms with Gasteiger partial charge in [0.2, 0.25) is 0 Å². The Bertz CT molecular complexity index is 426. The SMILES string of the molecule is CCNC(=NCC1(CC)CCCC1)NCCCS(C)(=O)=O. The first-order chi connectivity index (χ1) is 9.91. The van der Waals surface area contributed by atoms with Crippen LogP contribution in [0.15, 0.2) is 4.99 Å². The van der Waals surface area contributed by atoms with Gasteiger partial charge in [0, 0.05) is 25.9 Å². The van der Waals surface area contributed by atoms with Crippen molar-refractivity contribution in [3.05, 3.63) is 0 Å². The average molecular weight is 317 g/mol. The number of aliphatic imine (C=N–C) groups is 1. The van der Waals surface area contributed by atoms with Crippen molar-refractivity contribution in [2.45, 2.75) is 52.4 Å². The fraction of sp³-hybridized carbons (Fsp3) is 0.933. The molecule has 1 aliphatic carbocycles. The number of hydrogen-bond acceptors (Lipinski definition) is 3. The molecule has 5 nitrogen and oxygen atoms in total. The topological polar surface area (TPSA) is 70.6 Å². The minimum atomic E-state index is -2.87. The molecule has 0 spiro atoms. The van der Waals surface area contributed by atoms with Crippen LogP contribution in [0.4, 0.5) is 0 Å². The average Bonchev–Trinajstić information content (AvgIpc) is 2.89. The third kappa shape index (κ3) is 7.16. The lowest BCUT2D eigenvalue weighted by molar-refractivity contribution is 0.297. The monoisotopic (exact) mass is 317 g/mol. The highest BCUT2D eigenvalue weighted by molar-refractivity contribution is 7.90. The molecule has 0 atom stereocenters. The number of nitrogens with one attached hydrogen (secondary N) is 2. The predicted octanol–water partition coefficient (Wildman–Crippen LogP) is 1.95. The van der Waals surface area contributed by atoms with E-state index in [0.717, 1.165) is 19.0 Å². The second-order valence-electron chi connectivity index (χ2n) is 6.17. The molecule has 1 fully saturated rings. The minimum absolute atomic E-state index is 0.221. The highest BCUT2D eigenvalue weighted by Gasteiger charge is 2.31. The van der Waals surface area contributed by atoms with Crippen molar-refractivity contribution >= 4 is 15.8 Å². The molecule has 1 rings (SSSR count). The summed E-state index contributed by atoms with van der Waals surface area (Å²) in [6.07, 6.45) is 8.27. The molecule has 1 saturated carbocycles. The maximum atomic E-state index is 11.1. The van der Waals surface area contributed by atoms with Gasteiger partial charge in [-0.05, 0) is 38.0 Å². The lowest BCUT2D eigenvalue weighted by Crippen LogP contribution is -2.39. The van der Waals surface area contributed by atoms with E-state index in [1.165, 1.54) is 38.4 Å². The Morgan fingerprint density at radius 2 is 1.86 bits per heavy atom. The Kier molecular flexibility index (Phi) is 7.49. The van der Waals surface area contributed by atoms with Crippen LogP contribution in [0.5, 0.6) is 0 Å². The predicted molar refractivity (Wildman–Crippen MR) is 89.5 cm³/mol. The lowest BCUT2D eigenvalue weighted by Gasteiger charge is -2.25. The molecule has 0 unspecified atom stereocenters. The van der Waals surface area contributed by atoms with Crippen molar-refractivity contribution in [3.8, 4) is 0 Å². The fourth-order valence-corrected chi connectivity index (χ4v) is 3.55. The molecule has 0 aromatic rings. The van der Waals surface area contributed by atoms with Crippen LogP contribution in [-0.4, -0.2) is 46.0 Å². The molecule has 0 radical (unpaired) electrons. The smallest absolute Gasteiger partial charge is 0.191 e. The minimum Gasteiger partial charge on any atom is -0.357 e. The summed E-state index contributed by atoms with van der Waals surface area (Å²) in [5.41, 5.74) is 0.384. The standard InChI is InChI=1S/C15H31N3O2S/c1-4-15(9-6-7-10-15)13-18-14(16-5-2)17-11-8-12-21(3,19)20/h4-13H2,1-3H3,(H2,16,17,18). The molecule has 0 heterocycles. The maximum absolute atomic E-state index is 11.1. The summed E-state index contributed by atoms with van der Waals surface area (Å²) >= 11 is 0. The van der Waals surface area contributed by atoms with Crippen molar-refractivity contribution in [2.24, 2.45) is 10.4 Å². The molecule has 0 saturated heterocycles. The highest BCUT2D eigenvalue weighted by Crippen LogP contribution is 2.41. The molecule has 0 aromatic heterocycles. The normalized spacial score (nSPS) is 18.7. The van der Waals surface area contributed by atoms with Crippen LogP contribution >= 0.6 is 0 Å². The van der Waals surface area contributed by atoms with Gasteiger partial charge in [0.15, 0.2) is 5.96 Å². The number of rotatable bonds is 8. The van der Waals surface area contributed by atoms with Crippen LogP contribution in [-0.2, 0) is 9.84 Å². The van der Waals surface area contributed by atoms with E-state index in [4.69, 9.17) is 4.99 Å². The zero-order chi connectivity index (χ0) is 15.8. The van der Waals surface area contributed by atoms with E-state index >= 15 is 0 Å². The fourth-order valence-electron chi connectivity index (χ4n) is 2.88. The Hall–Kier alpha value is -0.780. The van der Waals surface area contributed by atoms with Crippen molar-refractivity contribution in [1.29, 1.82) is 0 Å². The quantitative estimate of drug-likeness (QED) is 0.408. The van der Waals surface area contributed by atoms with Gasteiger partial charge in [0.05, 0.1) is 5.75 Å². The summed E-state index contributed by atoms with van der Waals surface area (Å²) < 4.78 is 22.2. The number of nitrogens with zero attached hydrogens (tertiary/aromatic N) is 1. The van der Waals surface area contributed by atoms with Gasteiger partial charge in [-0.3, -0.25) is 4.99 Å². The zero-order valence-electron chi connectivity index (χ0n) is 13.7. The lowest BCUT2D eigenvalue weighted by atomic mass is 9.84. The Balaban J connectivity index is 2.45. The first-order valence-electron chi connectivity index (χ1n) is 8.11. The van der Waals surface area contributed by atoms with E-state index in [0.29, 0.717) is 18.4 Å². The van der Waals surface area contributed by atoms with Crippen LogP contribution in [0.25, 0.3) is 0 Å². The highest BCUT2D eigenvalue weighted by atomic mass is 32.2. The van der Waals surface area contributed by atoms with Gasteiger partial charge >= 0.3 is 0 Å². The van der Waals surface area contributed by atoms with Crippen molar-refractivity contribution in [3.63, 3.8) is 0 Å². The van der Waals surface area contributed by atoms with Crippen molar-refractivity contribution in [2.75, 3.05) is 31.6 Å². The van der Waals surface area contributed by atoms with Crippen molar-refractivity contribution < 1.29 is 8.42 Å². The molecule has 21 heavy (non-hydrogen) atoms. The Morgan fingerprint density at radius 3 is 2.38 bits per heavy atom. The molecular formula is C15H31N3O2S. The number of guanidine groups is 1. The van der Waals surface area contributed by atoms with E-state index in [-0.39, 0.29) is 5.75 Å². The van der Waals surface area contributed by atoms with Gasteiger partial charge in [0.25, 0.3) is 0 Å². The van der Waals surface area contributed by atoms with E-state index < -0.39 is 9.84 Å². The van der Waals surface area contributed by atoms with Gasteiger partial charge in [0.1, 0.15) is 9.84 Å². The first kappa shape index (κ1) is 18.3. The summed E-state index contributed by atoms with van der Waals surface area (Å²) in [4.78, 5) is 4.72. The largest absolute Gasteiger partial charge is 0.357 e. The van der Waals surface area contributed by atoms with Crippen LogP contribution in [0.3, 0.4) is 0 Å². The Morgan fingerprint density at radius 1 is 1.19 bits per heavy atom. The molecule has 0 aromatic carbocycles. The molecule has 124 valence electrons. The summed E-state index contributed by atoms with van der Waals surface area (Å²) in [5.74, 6) is 1.03. The second kappa shape index (κ2) is 8.61. The molecule has 0 amide bonds. The van der Waals surface area contributed by atoms with E-state index in [1.807, 2.05) is 6.92 Å². The molecule has 2 N–H and O–H groups in total.